The topological polar surface area (TPSA) is 78.9 Å². The standard InChI is InChI=1S/C74H134O6/c1-4-7-10-13-16-19-22-24-26-28-30-32-34-36-37-39-40-42-44-46-48-50-52-55-58-61-64-67-73(76)79-70-71(69-78-72(75)66-63-60-57-54-21-18-15-12-9-6-3)80-74(77)68-65-62-59-56-53-51-49-47-45-43-41-38-35-33-31-29-27-25-23-20-17-14-11-8-5-2/h8,11-12,15,17,20,25,27,31,33,71H,4-7,9-10,13-14,16,18-19,21-24,26,28-30,32,34-70H2,1-3H3/b11-8-,15-12-,20-17-,27-25-,33-31-. The van der Waals surface area contributed by atoms with E-state index in [4.69, 9.17) is 14.2 Å². The summed E-state index contributed by atoms with van der Waals surface area (Å²) in [6.07, 6.45) is 88.4. The minimum absolute atomic E-state index is 0.0733. The van der Waals surface area contributed by atoms with E-state index < -0.39 is 6.10 Å². The number of ether oxygens (including phenoxy) is 3. The van der Waals surface area contributed by atoms with Crippen LogP contribution in [0.2, 0.25) is 0 Å². The van der Waals surface area contributed by atoms with Crippen LogP contribution < -0.4 is 0 Å². The molecule has 6 heteroatoms. The number of carbonyl (C=O) groups excluding carboxylic acids is 3. The normalized spacial score (nSPS) is 12.4. The van der Waals surface area contributed by atoms with Gasteiger partial charge in [0.25, 0.3) is 0 Å². The Hall–Kier alpha value is -2.89. The molecule has 80 heavy (non-hydrogen) atoms. The molecule has 1 atom stereocenters. The molecule has 466 valence electrons. The second kappa shape index (κ2) is 68.6. The Morgan fingerprint density at radius 2 is 0.512 bits per heavy atom. The molecule has 0 N–H and O–H groups in total. The first-order chi connectivity index (χ1) is 39.5. The summed E-state index contributed by atoms with van der Waals surface area (Å²) in [6.45, 7) is 6.52. The van der Waals surface area contributed by atoms with Gasteiger partial charge in [-0.3, -0.25) is 14.4 Å². The lowest BCUT2D eigenvalue weighted by atomic mass is 10.0. The third-order valence-electron chi connectivity index (χ3n) is 15.7. The van der Waals surface area contributed by atoms with Gasteiger partial charge < -0.3 is 14.2 Å². The zero-order valence-electron chi connectivity index (χ0n) is 53.6. The summed E-state index contributed by atoms with van der Waals surface area (Å²) in [6, 6.07) is 0. The average Bonchev–Trinajstić information content (AvgIpc) is 3.46. The van der Waals surface area contributed by atoms with Gasteiger partial charge in [0.1, 0.15) is 13.2 Å². The van der Waals surface area contributed by atoms with Crippen molar-refractivity contribution in [1.29, 1.82) is 0 Å². The minimum atomic E-state index is -0.777. The monoisotopic (exact) mass is 1120 g/mol. The Bertz CT molecular complexity index is 1430. The molecule has 0 aliphatic carbocycles. The van der Waals surface area contributed by atoms with Gasteiger partial charge in [-0.15, -0.1) is 0 Å². The third kappa shape index (κ3) is 65.9. The smallest absolute Gasteiger partial charge is 0.306 e. The molecule has 0 heterocycles. The lowest BCUT2D eigenvalue weighted by Gasteiger charge is -2.18. The van der Waals surface area contributed by atoms with Crippen LogP contribution in [0, 0.1) is 0 Å². The molecule has 0 bridgehead atoms. The number of esters is 3. The highest BCUT2D eigenvalue weighted by molar-refractivity contribution is 5.71. The predicted molar refractivity (Wildman–Crippen MR) is 348 cm³/mol. The van der Waals surface area contributed by atoms with Crippen molar-refractivity contribution in [2.45, 2.75) is 380 Å². The highest BCUT2D eigenvalue weighted by Crippen LogP contribution is 2.18. The first kappa shape index (κ1) is 77.1. The van der Waals surface area contributed by atoms with Crippen LogP contribution in [0.3, 0.4) is 0 Å². The summed E-state index contributed by atoms with van der Waals surface area (Å²) in [4.78, 5) is 38.3. The average molecular weight is 1120 g/mol. The summed E-state index contributed by atoms with van der Waals surface area (Å²) >= 11 is 0. The highest BCUT2D eigenvalue weighted by Gasteiger charge is 2.19. The van der Waals surface area contributed by atoms with Gasteiger partial charge in [-0.25, -0.2) is 0 Å². The van der Waals surface area contributed by atoms with Crippen molar-refractivity contribution in [3.63, 3.8) is 0 Å². The fraction of sp³-hybridized carbons (Fsp3) is 0.824. The number of hydrogen-bond donors (Lipinski definition) is 0. The number of carbonyl (C=O) groups is 3. The van der Waals surface area contributed by atoms with Gasteiger partial charge in [-0.05, 0) is 77.0 Å². The maximum atomic E-state index is 12.9. The van der Waals surface area contributed by atoms with Crippen LogP contribution in [-0.2, 0) is 28.6 Å². The van der Waals surface area contributed by atoms with Crippen LogP contribution in [0.15, 0.2) is 60.8 Å². The van der Waals surface area contributed by atoms with Crippen molar-refractivity contribution < 1.29 is 28.6 Å². The quantitative estimate of drug-likeness (QED) is 0.0261. The van der Waals surface area contributed by atoms with E-state index in [0.717, 1.165) is 96.3 Å². The molecule has 0 aliphatic heterocycles. The zero-order valence-corrected chi connectivity index (χ0v) is 53.6. The fourth-order valence-electron chi connectivity index (χ4n) is 10.5. The van der Waals surface area contributed by atoms with Crippen LogP contribution in [0.25, 0.3) is 0 Å². The van der Waals surface area contributed by atoms with Gasteiger partial charge in [0, 0.05) is 19.3 Å². The fourth-order valence-corrected chi connectivity index (χ4v) is 10.5. The molecular formula is C74H134O6. The first-order valence-electron chi connectivity index (χ1n) is 35.3. The number of allylic oxidation sites excluding steroid dienone is 10. The summed E-state index contributed by atoms with van der Waals surface area (Å²) in [5.74, 6) is -0.865. The van der Waals surface area contributed by atoms with E-state index in [-0.39, 0.29) is 31.1 Å². The van der Waals surface area contributed by atoms with Gasteiger partial charge in [-0.2, -0.15) is 0 Å². The Kier molecular flexibility index (Phi) is 66.1. The van der Waals surface area contributed by atoms with Crippen molar-refractivity contribution in [2.75, 3.05) is 13.2 Å². The van der Waals surface area contributed by atoms with Crippen LogP contribution in [0.5, 0.6) is 0 Å². The summed E-state index contributed by atoms with van der Waals surface area (Å²) in [5, 5.41) is 0. The highest BCUT2D eigenvalue weighted by atomic mass is 16.6. The molecule has 0 aliphatic rings. The molecule has 1 unspecified atom stereocenters. The van der Waals surface area contributed by atoms with Crippen molar-refractivity contribution in [3.05, 3.63) is 60.8 Å². The van der Waals surface area contributed by atoms with E-state index in [1.165, 1.54) is 238 Å². The van der Waals surface area contributed by atoms with Gasteiger partial charge in [0.15, 0.2) is 6.10 Å². The Balaban J connectivity index is 4.14. The van der Waals surface area contributed by atoms with Crippen LogP contribution in [0.1, 0.15) is 374 Å². The lowest BCUT2D eigenvalue weighted by Crippen LogP contribution is -2.30. The second-order valence-corrected chi connectivity index (χ2v) is 23.8. The zero-order chi connectivity index (χ0) is 57.8. The van der Waals surface area contributed by atoms with Crippen molar-refractivity contribution in [3.8, 4) is 0 Å². The summed E-state index contributed by atoms with van der Waals surface area (Å²) < 4.78 is 16.9. The molecule has 0 spiro atoms. The number of unbranched alkanes of at least 4 members (excludes halogenated alkanes) is 44. The van der Waals surface area contributed by atoms with E-state index in [2.05, 4.69) is 81.5 Å². The van der Waals surface area contributed by atoms with Gasteiger partial charge in [-0.1, -0.05) is 338 Å². The first-order valence-corrected chi connectivity index (χ1v) is 35.3. The van der Waals surface area contributed by atoms with Gasteiger partial charge in [0.05, 0.1) is 0 Å². The van der Waals surface area contributed by atoms with Crippen molar-refractivity contribution >= 4 is 17.9 Å². The van der Waals surface area contributed by atoms with Crippen molar-refractivity contribution in [1.82, 2.24) is 0 Å². The van der Waals surface area contributed by atoms with Gasteiger partial charge >= 0.3 is 17.9 Å². The Morgan fingerprint density at radius 3 is 0.825 bits per heavy atom. The third-order valence-corrected chi connectivity index (χ3v) is 15.7. The minimum Gasteiger partial charge on any atom is -0.462 e. The van der Waals surface area contributed by atoms with E-state index in [1.54, 1.807) is 0 Å². The van der Waals surface area contributed by atoms with Crippen LogP contribution >= 0.6 is 0 Å². The SMILES string of the molecule is CC/C=C\C/C=C\C/C=C\C/C=C\CCCCCCCCCCCCCCC(=O)OC(COC(=O)CCCCCCC/C=C\CCC)COC(=O)CCCCCCCCCCCCCCCCCCCCCCCCCCCCC. The molecule has 6 nitrogen and oxygen atoms in total. The maximum absolute atomic E-state index is 12.9. The molecule has 0 saturated heterocycles. The molecule has 0 saturated carbocycles. The molecule has 0 fully saturated rings. The largest absolute Gasteiger partial charge is 0.462 e. The summed E-state index contributed by atoms with van der Waals surface area (Å²) in [7, 11) is 0. The molecule has 0 radical (unpaired) electrons. The molecule has 0 aromatic heterocycles. The number of hydrogen-bond acceptors (Lipinski definition) is 6. The van der Waals surface area contributed by atoms with Crippen LogP contribution in [-0.4, -0.2) is 37.2 Å². The lowest BCUT2D eigenvalue weighted by molar-refractivity contribution is -0.167. The maximum Gasteiger partial charge on any atom is 0.306 e. The predicted octanol–water partition coefficient (Wildman–Crippen LogP) is 24.3. The molecular weight excluding hydrogens is 985 g/mol. The Morgan fingerprint density at radius 1 is 0.263 bits per heavy atom. The second-order valence-electron chi connectivity index (χ2n) is 23.8. The van der Waals surface area contributed by atoms with E-state index in [9.17, 15) is 14.4 Å². The molecule has 0 amide bonds. The van der Waals surface area contributed by atoms with E-state index in [0.29, 0.717) is 19.3 Å². The molecule has 0 aromatic carbocycles. The number of rotatable bonds is 65. The summed E-state index contributed by atoms with van der Waals surface area (Å²) in [5.41, 5.74) is 0. The van der Waals surface area contributed by atoms with E-state index in [1.807, 2.05) is 0 Å². The van der Waals surface area contributed by atoms with Gasteiger partial charge in [0.2, 0.25) is 0 Å². The molecule has 0 aromatic rings. The Labute approximate surface area is 498 Å². The molecule has 0 rings (SSSR count). The van der Waals surface area contributed by atoms with E-state index >= 15 is 0 Å². The van der Waals surface area contributed by atoms with Crippen molar-refractivity contribution in [2.24, 2.45) is 0 Å². The van der Waals surface area contributed by atoms with Crippen LogP contribution in [0.4, 0.5) is 0 Å².